The molecule has 2 aromatic rings. The third kappa shape index (κ3) is 6.62. The Morgan fingerprint density at radius 2 is 1.96 bits per heavy atom. The Kier molecular flexibility index (Phi) is 7.07. The zero-order valence-electron chi connectivity index (χ0n) is 14.7. The minimum absolute atomic E-state index is 0.0658. The molecule has 0 aliphatic carbocycles. The molecular formula is C19H19N3O5. The summed E-state index contributed by atoms with van der Waals surface area (Å²) in [5.41, 5.74) is 0.907. The summed E-state index contributed by atoms with van der Waals surface area (Å²) in [5, 5.41) is 16.2. The van der Waals surface area contributed by atoms with E-state index in [4.69, 9.17) is 4.74 Å². The van der Waals surface area contributed by atoms with Gasteiger partial charge in [-0.15, -0.1) is 0 Å². The average Bonchev–Trinajstić information content (AvgIpc) is 2.63. The Bertz CT molecular complexity index is 864. The molecule has 2 aromatic carbocycles. The molecule has 0 saturated heterocycles. The first-order valence-electron chi connectivity index (χ1n) is 8.15. The van der Waals surface area contributed by atoms with E-state index in [1.807, 2.05) is 0 Å². The molecule has 140 valence electrons. The van der Waals surface area contributed by atoms with E-state index in [9.17, 15) is 19.7 Å². The number of nitro benzene ring substituents is 1. The van der Waals surface area contributed by atoms with Crippen LogP contribution in [0.25, 0.3) is 6.08 Å². The third-order valence-corrected chi connectivity index (χ3v) is 3.37. The van der Waals surface area contributed by atoms with Gasteiger partial charge in [-0.2, -0.15) is 0 Å². The number of ether oxygens (including phenoxy) is 1. The van der Waals surface area contributed by atoms with Gasteiger partial charge in [-0.1, -0.05) is 18.2 Å². The van der Waals surface area contributed by atoms with Gasteiger partial charge >= 0.3 is 0 Å². The number of amides is 2. The fourth-order valence-corrected chi connectivity index (χ4v) is 2.23. The van der Waals surface area contributed by atoms with Gasteiger partial charge in [-0.25, -0.2) is 0 Å². The van der Waals surface area contributed by atoms with Gasteiger partial charge in [-0.3, -0.25) is 19.7 Å². The van der Waals surface area contributed by atoms with E-state index < -0.39 is 4.92 Å². The molecule has 0 fully saturated rings. The molecule has 0 heterocycles. The minimum Gasteiger partial charge on any atom is -0.492 e. The number of anilines is 1. The van der Waals surface area contributed by atoms with Crippen LogP contribution in [0.15, 0.2) is 54.6 Å². The van der Waals surface area contributed by atoms with Crippen LogP contribution in [-0.2, 0) is 9.59 Å². The monoisotopic (exact) mass is 369 g/mol. The van der Waals surface area contributed by atoms with E-state index in [1.165, 1.54) is 25.1 Å². The van der Waals surface area contributed by atoms with Gasteiger partial charge in [0.05, 0.1) is 17.0 Å². The predicted octanol–water partition coefficient (Wildman–Crippen LogP) is 2.76. The van der Waals surface area contributed by atoms with Gasteiger partial charge in [0.25, 0.3) is 5.69 Å². The molecule has 8 heteroatoms. The molecule has 8 nitrogen and oxygen atoms in total. The molecule has 27 heavy (non-hydrogen) atoms. The molecule has 2 N–H and O–H groups in total. The number of carbonyl (C=O) groups is 2. The number of hydrogen-bond donors (Lipinski definition) is 2. The number of para-hydroxylation sites is 1. The van der Waals surface area contributed by atoms with Gasteiger partial charge in [0.2, 0.25) is 11.8 Å². The Hall–Kier alpha value is -3.68. The summed E-state index contributed by atoms with van der Waals surface area (Å²) in [6, 6.07) is 13.1. The lowest BCUT2D eigenvalue weighted by Gasteiger charge is -2.08. The number of rotatable bonds is 8. The van der Waals surface area contributed by atoms with E-state index >= 15 is 0 Å². The fraction of sp³-hybridized carbons (Fsp3) is 0.158. The molecule has 0 spiro atoms. The normalized spacial score (nSPS) is 10.4. The predicted molar refractivity (Wildman–Crippen MR) is 101 cm³/mol. The summed E-state index contributed by atoms with van der Waals surface area (Å²) >= 11 is 0. The number of benzene rings is 2. The molecule has 0 unspecified atom stereocenters. The van der Waals surface area contributed by atoms with Crippen LogP contribution in [0.3, 0.4) is 0 Å². The van der Waals surface area contributed by atoms with Gasteiger partial charge in [0.15, 0.2) is 0 Å². The maximum absolute atomic E-state index is 11.8. The van der Waals surface area contributed by atoms with Gasteiger partial charge in [0.1, 0.15) is 12.4 Å². The maximum atomic E-state index is 11.8. The summed E-state index contributed by atoms with van der Waals surface area (Å²) in [6.07, 6.45) is 2.63. The zero-order chi connectivity index (χ0) is 19.6. The molecular weight excluding hydrogens is 350 g/mol. The molecule has 0 aliphatic heterocycles. The van der Waals surface area contributed by atoms with Crippen molar-refractivity contribution in [2.75, 3.05) is 18.5 Å². The van der Waals surface area contributed by atoms with Gasteiger partial charge in [0, 0.05) is 30.8 Å². The molecule has 0 aromatic heterocycles. The Balaban J connectivity index is 1.80. The first-order valence-corrected chi connectivity index (χ1v) is 8.15. The number of nitrogens with one attached hydrogen (secondary N) is 2. The highest BCUT2D eigenvalue weighted by Gasteiger charge is 2.09. The van der Waals surface area contributed by atoms with E-state index in [-0.39, 0.29) is 30.7 Å². The maximum Gasteiger partial charge on any atom is 0.276 e. The second kappa shape index (κ2) is 9.71. The van der Waals surface area contributed by atoms with Gasteiger partial charge in [-0.05, 0) is 24.3 Å². The first kappa shape index (κ1) is 19.6. The summed E-state index contributed by atoms with van der Waals surface area (Å²) < 4.78 is 5.51. The lowest BCUT2D eigenvalue weighted by molar-refractivity contribution is -0.385. The number of nitrogens with zero attached hydrogens (tertiary/aromatic N) is 1. The van der Waals surface area contributed by atoms with E-state index in [0.717, 1.165) is 0 Å². The lowest BCUT2D eigenvalue weighted by atomic mass is 10.1. The van der Waals surface area contributed by atoms with Crippen LogP contribution in [0, 0.1) is 10.1 Å². The highest BCUT2D eigenvalue weighted by atomic mass is 16.6. The highest BCUT2D eigenvalue weighted by Crippen LogP contribution is 2.19. The van der Waals surface area contributed by atoms with Crippen LogP contribution in [0.4, 0.5) is 11.4 Å². The average molecular weight is 369 g/mol. The molecule has 0 atom stereocenters. The minimum atomic E-state index is -0.500. The van der Waals surface area contributed by atoms with Crippen molar-refractivity contribution >= 4 is 29.3 Å². The van der Waals surface area contributed by atoms with E-state index in [2.05, 4.69) is 10.6 Å². The van der Waals surface area contributed by atoms with Crippen LogP contribution >= 0.6 is 0 Å². The van der Waals surface area contributed by atoms with Crippen LogP contribution in [0.1, 0.15) is 12.5 Å². The lowest BCUT2D eigenvalue weighted by Crippen LogP contribution is -2.26. The molecule has 0 bridgehead atoms. The second-order valence-corrected chi connectivity index (χ2v) is 5.50. The van der Waals surface area contributed by atoms with Crippen LogP contribution < -0.4 is 15.4 Å². The van der Waals surface area contributed by atoms with Crippen molar-refractivity contribution in [1.29, 1.82) is 0 Å². The highest BCUT2D eigenvalue weighted by molar-refractivity contribution is 5.92. The van der Waals surface area contributed by atoms with Crippen LogP contribution in [-0.4, -0.2) is 29.9 Å². The molecule has 0 aliphatic rings. The van der Waals surface area contributed by atoms with Crippen molar-refractivity contribution in [3.05, 3.63) is 70.3 Å². The Morgan fingerprint density at radius 1 is 1.19 bits per heavy atom. The third-order valence-electron chi connectivity index (χ3n) is 3.37. The summed E-state index contributed by atoms with van der Waals surface area (Å²) in [4.78, 5) is 33.3. The second-order valence-electron chi connectivity index (χ2n) is 5.50. The summed E-state index contributed by atoms with van der Waals surface area (Å²) in [7, 11) is 0. The molecule has 0 radical (unpaired) electrons. The van der Waals surface area contributed by atoms with Crippen molar-refractivity contribution in [1.82, 2.24) is 5.32 Å². The van der Waals surface area contributed by atoms with Crippen LogP contribution in [0.2, 0.25) is 0 Å². The molecule has 0 saturated carbocycles. The van der Waals surface area contributed by atoms with Crippen molar-refractivity contribution in [2.24, 2.45) is 0 Å². The Labute approximate surface area is 156 Å². The molecule has 2 amide bonds. The zero-order valence-corrected chi connectivity index (χ0v) is 14.7. The van der Waals surface area contributed by atoms with Crippen molar-refractivity contribution in [3.8, 4) is 5.75 Å². The SMILES string of the molecule is CC(=O)Nc1cccc(OCCNC(=O)/C=C/c2ccccc2[N+](=O)[O-])c1. The van der Waals surface area contributed by atoms with E-state index in [1.54, 1.807) is 42.5 Å². The van der Waals surface area contributed by atoms with Gasteiger partial charge < -0.3 is 15.4 Å². The number of nitro groups is 1. The number of hydrogen-bond acceptors (Lipinski definition) is 5. The fourth-order valence-electron chi connectivity index (χ4n) is 2.23. The first-order chi connectivity index (χ1) is 13.0. The Morgan fingerprint density at radius 3 is 2.70 bits per heavy atom. The summed E-state index contributed by atoms with van der Waals surface area (Å²) in [5.74, 6) is -0.000414. The van der Waals surface area contributed by atoms with Crippen molar-refractivity contribution in [2.45, 2.75) is 6.92 Å². The van der Waals surface area contributed by atoms with Crippen molar-refractivity contribution in [3.63, 3.8) is 0 Å². The number of carbonyl (C=O) groups excluding carboxylic acids is 2. The largest absolute Gasteiger partial charge is 0.492 e. The van der Waals surface area contributed by atoms with Crippen LogP contribution in [0.5, 0.6) is 5.75 Å². The van der Waals surface area contributed by atoms with E-state index in [0.29, 0.717) is 17.0 Å². The smallest absolute Gasteiger partial charge is 0.276 e. The van der Waals surface area contributed by atoms with Crippen molar-refractivity contribution < 1.29 is 19.2 Å². The molecule has 2 rings (SSSR count). The standard InChI is InChI=1S/C19H19N3O5/c1-14(23)21-16-6-4-7-17(13-16)27-12-11-20-19(24)10-9-15-5-2-3-8-18(15)22(25)26/h2-10,13H,11-12H2,1H3,(H,20,24)(H,21,23)/b10-9+. The summed E-state index contributed by atoms with van der Waals surface area (Å²) in [6.45, 7) is 1.90. The quantitative estimate of drug-likeness (QED) is 0.322. The topological polar surface area (TPSA) is 111 Å².